The van der Waals surface area contributed by atoms with Crippen molar-refractivity contribution in [2.24, 2.45) is 11.0 Å². The molecule has 0 saturated carbocycles. The molecular weight excluding hydrogens is 318 g/mol. The molecular formula is C19H23N3O3. The van der Waals surface area contributed by atoms with Gasteiger partial charge in [-0.25, -0.2) is 5.43 Å². The van der Waals surface area contributed by atoms with E-state index in [2.05, 4.69) is 29.4 Å². The van der Waals surface area contributed by atoms with Gasteiger partial charge in [-0.05, 0) is 48.2 Å². The molecule has 25 heavy (non-hydrogen) atoms. The minimum Gasteiger partial charge on any atom is -0.493 e. The number of benzene rings is 1. The summed E-state index contributed by atoms with van der Waals surface area (Å²) in [5, 5.41) is 3.97. The molecule has 2 aromatic rings. The van der Waals surface area contributed by atoms with Crippen LogP contribution in [-0.4, -0.2) is 30.8 Å². The molecule has 0 atom stereocenters. The summed E-state index contributed by atoms with van der Waals surface area (Å²) in [4.78, 5) is 15.8. The minimum atomic E-state index is -0.292. The summed E-state index contributed by atoms with van der Waals surface area (Å²) in [6.07, 6.45) is 5.65. The number of amides is 1. The number of hydrogen-bond acceptors (Lipinski definition) is 5. The van der Waals surface area contributed by atoms with Crippen molar-refractivity contribution in [2.75, 3.05) is 13.7 Å². The summed E-state index contributed by atoms with van der Waals surface area (Å²) < 4.78 is 11.1. The van der Waals surface area contributed by atoms with Crippen LogP contribution in [0.15, 0.2) is 47.8 Å². The Morgan fingerprint density at radius 2 is 2.00 bits per heavy atom. The van der Waals surface area contributed by atoms with E-state index in [-0.39, 0.29) is 5.91 Å². The lowest BCUT2D eigenvalue weighted by Crippen LogP contribution is -2.17. The smallest absolute Gasteiger partial charge is 0.271 e. The number of pyridine rings is 1. The molecule has 6 nitrogen and oxygen atoms in total. The minimum absolute atomic E-state index is 0.292. The summed E-state index contributed by atoms with van der Waals surface area (Å²) in [7, 11) is 1.59. The highest BCUT2D eigenvalue weighted by molar-refractivity contribution is 5.94. The van der Waals surface area contributed by atoms with Crippen LogP contribution in [0.25, 0.3) is 0 Å². The summed E-state index contributed by atoms with van der Waals surface area (Å²) in [5.41, 5.74) is 3.77. The molecule has 0 bridgehead atoms. The second kappa shape index (κ2) is 9.42. The van der Waals surface area contributed by atoms with E-state index in [9.17, 15) is 4.79 Å². The molecule has 1 aromatic carbocycles. The number of hydrazone groups is 1. The maximum Gasteiger partial charge on any atom is 0.271 e. The number of hydrogen-bond donors (Lipinski definition) is 1. The summed E-state index contributed by atoms with van der Waals surface area (Å²) in [6, 6.07) is 8.75. The third kappa shape index (κ3) is 5.91. The van der Waals surface area contributed by atoms with Crippen molar-refractivity contribution in [1.82, 2.24) is 10.4 Å². The Hall–Kier alpha value is -2.89. The van der Waals surface area contributed by atoms with E-state index < -0.39 is 0 Å². The molecule has 0 unspecified atom stereocenters. The van der Waals surface area contributed by atoms with Gasteiger partial charge in [0.15, 0.2) is 11.5 Å². The monoisotopic (exact) mass is 341 g/mol. The van der Waals surface area contributed by atoms with E-state index in [1.165, 1.54) is 0 Å². The molecule has 1 N–H and O–H groups in total. The fourth-order valence-electron chi connectivity index (χ4n) is 2.02. The second-order valence-electron chi connectivity index (χ2n) is 5.88. The Morgan fingerprint density at radius 1 is 1.24 bits per heavy atom. The van der Waals surface area contributed by atoms with E-state index in [0.29, 0.717) is 29.6 Å². The first-order valence-corrected chi connectivity index (χ1v) is 8.14. The number of nitrogens with one attached hydrogen (secondary N) is 1. The van der Waals surface area contributed by atoms with Gasteiger partial charge in [-0.1, -0.05) is 13.8 Å². The van der Waals surface area contributed by atoms with Crippen LogP contribution in [0.4, 0.5) is 0 Å². The van der Waals surface area contributed by atoms with E-state index in [1.807, 2.05) is 18.2 Å². The predicted molar refractivity (Wildman–Crippen MR) is 97.2 cm³/mol. The molecule has 1 aromatic heterocycles. The molecule has 6 heteroatoms. The van der Waals surface area contributed by atoms with Crippen molar-refractivity contribution >= 4 is 12.1 Å². The zero-order chi connectivity index (χ0) is 18.1. The van der Waals surface area contributed by atoms with Crippen molar-refractivity contribution in [3.8, 4) is 11.5 Å². The van der Waals surface area contributed by atoms with Crippen LogP contribution in [0, 0.1) is 5.92 Å². The van der Waals surface area contributed by atoms with Gasteiger partial charge >= 0.3 is 0 Å². The molecule has 0 fully saturated rings. The lowest BCUT2D eigenvalue weighted by molar-refractivity contribution is 0.0955. The van der Waals surface area contributed by atoms with Crippen LogP contribution in [0.5, 0.6) is 11.5 Å². The zero-order valence-electron chi connectivity index (χ0n) is 14.7. The Bertz CT molecular complexity index is 715. The normalized spacial score (nSPS) is 10.9. The highest BCUT2D eigenvalue weighted by Gasteiger charge is 2.06. The number of methoxy groups -OCH3 is 1. The van der Waals surface area contributed by atoms with Crippen molar-refractivity contribution in [3.05, 3.63) is 53.9 Å². The van der Waals surface area contributed by atoms with Gasteiger partial charge < -0.3 is 9.47 Å². The van der Waals surface area contributed by atoms with Crippen LogP contribution < -0.4 is 14.9 Å². The maximum atomic E-state index is 11.9. The quantitative estimate of drug-likeness (QED) is 0.591. The second-order valence-corrected chi connectivity index (χ2v) is 5.88. The Balaban J connectivity index is 1.96. The molecule has 1 heterocycles. The lowest BCUT2D eigenvalue weighted by atomic mass is 10.1. The molecule has 0 aliphatic heterocycles. The SMILES string of the molecule is COc1cc(C=NNC(=O)c2ccncc2)ccc1OCCC(C)C. The zero-order valence-corrected chi connectivity index (χ0v) is 14.7. The van der Waals surface area contributed by atoms with E-state index in [4.69, 9.17) is 9.47 Å². The Morgan fingerprint density at radius 3 is 2.68 bits per heavy atom. The highest BCUT2D eigenvalue weighted by Crippen LogP contribution is 2.27. The molecule has 0 radical (unpaired) electrons. The Labute approximate surface area is 147 Å². The summed E-state index contributed by atoms with van der Waals surface area (Å²) in [6.45, 7) is 4.95. The Kier molecular flexibility index (Phi) is 6.95. The molecule has 2 rings (SSSR count). The van der Waals surface area contributed by atoms with Gasteiger partial charge in [-0.2, -0.15) is 5.10 Å². The van der Waals surface area contributed by atoms with Gasteiger partial charge in [0.2, 0.25) is 0 Å². The number of aromatic nitrogens is 1. The van der Waals surface area contributed by atoms with Gasteiger partial charge in [0, 0.05) is 18.0 Å². The van der Waals surface area contributed by atoms with E-state index in [1.54, 1.807) is 37.9 Å². The largest absolute Gasteiger partial charge is 0.493 e. The van der Waals surface area contributed by atoms with Crippen molar-refractivity contribution < 1.29 is 14.3 Å². The van der Waals surface area contributed by atoms with E-state index in [0.717, 1.165) is 12.0 Å². The van der Waals surface area contributed by atoms with Crippen molar-refractivity contribution in [1.29, 1.82) is 0 Å². The third-order valence-electron chi connectivity index (χ3n) is 3.46. The van der Waals surface area contributed by atoms with Crippen LogP contribution in [0.1, 0.15) is 36.2 Å². The van der Waals surface area contributed by atoms with Crippen LogP contribution in [0.2, 0.25) is 0 Å². The van der Waals surface area contributed by atoms with Gasteiger partial charge in [0.1, 0.15) is 0 Å². The number of carbonyl (C=O) groups excluding carboxylic acids is 1. The molecule has 132 valence electrons. The number of ether oxygens (including phenoxy) is 2. The first-order valence-electron chi connectivity index (χ1n) is 8.14. The standard InChI is InChI=1S/C19H23N3O3/c1-14(2)8-11-25-17-5-4-15(12-18(17)24-3)13-21-22-19(23)16-6-9-20-10-7-16/h4-7,9-10,12-14H,8,11H2,1-3H3,(H,22,23). The van der Waals surface area contributed by atoms with Crippen LogP contribution in [0.3, 0.4) is 0 Å². The molecule has 0 aliphatic rings. The molecule has 0 aliphatic carbocycles. The van der Waals surface area contributed by atoms with Crippen LogP contribution >= 0.6 is 0 Å². The van der Waals surface area contributed by atoms with Crippen molar-refractivity contribution in [3.63, 3.8) is 0 Å². The van der Waals surface area contributed by atoms with Crippen molar-refractivity contribution in [2.45, 2.75) is 20.3 Å². The predicted octanol–water partition coefficient (Wildman–Crippen LogP) is 3.28. The number of nitrogens with zero attached hydrogens (tertiary/aromatic N) is 2. The average molecular weight is 341 g/mol. The fourth-order valence-corrected chi connectivity index (χ4v) is 2.02. The maximum absolute atomic E-state index is 11.9. The average Bonchev–Trinajstić information content (AvgIpc) is 2.63. The van der Waals surface area contributed by atoms with Gasteiger partial charge in [-0.3, -0.25) is 9.78 Å². The topological polar surface area (TPSA) is 72.8 Å². The fraction of sp³-hybridized carbons (Fsp3) is 0.316. The van der Waals surface area contributed by atoms with E-state index >= 15 is 0 Å². The third-order valence-corrected chi connectivity index (χ3v) is 3.46. The first-order chi connectivity index (χ1) is 12.1. The molecule has 0 spiro atoms. The lowest BCUT2D eigenvalue weighted by Gasteiger charge is -2.12. The summed E-state index contributed by atoms with van der Waals surface area (Å²) in [5.74, 6) is 1.62. The van der Waals surface area contributed by atoms with Gasteiger partial charge in [0.25, 0.3) is 5.91 Å². The highest BCUT2D eigenvalue weighted by atomic mass is 16.5. The van der Waals surface area contributed by atoms with Gasteiger partial charge in [-0.15, -0.1) is 0 Å². The molecule has 1 amide bonds. The summed E-state index contributed by atoms with van der Waals surface area (Å²) >= 11 is 0. The first kappa shape index (κ1) is 18.4. The molecule has 0 saturated heterocycles. The number of rotatable bonds is 8. The number of carbonyl (C=O) groups is 1. The van der Waals surface area contributed by atoms with Crippen LogP contribution in [-0.2, 0) is 0 Å². The van der Waals surface area contributed by atoms with Gasteiger partial charge in [0.05, 0.1) is 19.9 Å².